The fourth-order valence-electron chi connectivity index (χ4n) is 8.98. The topological polar surface area (TPSA) is 113 Å². The normalized spacial score (nSPS) is 11.6. The van der Waals surface area contributed by atoms with E-state index in [0.29, 0.717) is 35.2 Å². The Morgan fingerprint density at radius 1 is 0.299 bits per heavy atom. The van der Waals surface area contributed by atoms with E-state index in [2.05, 4.69) is 94.1 Å². The van der Waals surface area contributed by atoms with E-state index in [1.165, 1.54) is 0 Å². The molecule has 0 aliphatic rings. The predicted octanol–water partition coefficient (Wildman–Crippen LogP) is 13.1. The molecule has 0 aliphatic carbocycles. The molecule has 13 rings (SSSR count). The van der Waals surface area contributed by atoms with E-state index < -0.39 is 0 Å². The minimum atomic E-state index is 0.534. The average molecular weight is 879 g/mol. The van der Waals surface area contributed by atoms with Gasteiger partial charge in [0.25, 0.3) is 0 Å². The molecule has 5 heterocycles. The Labute approximate surface area is 387 Å². The molecule has 314 valence electrons. The molecule has 67 heavy (non-hydrogen) atoms. The van der Waals surface area contributed by atoms with Crippen LogP contribution >= 0.6 is 11.3 Å². The molecule has 0 bridgehead atoms. The molecular weight excluding hydrogens is 845 g/mol. The number of fused-ring (bicyclic) bond motifs is 6. The summed E-state index contributed by atoms with van der Waals surface area (Å²) in [6, 6.07) is 69.8. The van der Waals surface area contributed by atoms with Crippen molar-refractivity contribution < 1.29 is 0 Å². The second kappa shape index (κ2) is 15.9. The summed E-state index contributed by atoms with van der Waals surface area (Å²) in [5.41, 5.74) is 9.49. The second-order valence-electron chi connectivity index (χ2n) is 16.1. The van der Waals surface area contributed by atoms with E-state index in [9.17, 15) is 0 Å². The molecule has 0 aliphatic heterocycles. The number of rotatable bonds is 8. The van der Waals surface area contributed by atoms with Crippen molar-refractivity contribution in [1.29, 1.82) is 0 Å². The van der Waals surface area contributed by atoms with Gasteiger partial charge in [-0.15, -0.1) is 10.2 Å². The highest BCUT2D eigenvalue weighted by molar-refractivity contribution is 7.18. The fourth-order valence-corrected chi connectivity index (χ4v) is 9.85. The van der Waals surface area contributed by atoms with E-state index in [1.807, 2.05) is 121 Å². The standard InChI is InChI=1S/C56H34N10S/c1-5-18-35(19-6-1)49-57-50(36-20-7-2-8-21-36)60-55(59-49)65-44-29-15-13-26-40(44)43-34-39(32-33-46(43)65)53-63-64-54(67-53)42-28-17-31-47-48(42)41-27-14-16-30-45(41)66(47)56-61-51(37-22-9-3-10-23-37)58-52(62-56)38-24-11-4-12-25-38/h1-34H. The smallest absolute Gasteiger partial charge is 0.238 e. The highest BCUT2D eigenvalue weighted by Crippen LogP contribution is 2.42. The predicted molar refractivity (Wildman–Crippen MR) is 268 cm³/mol. The third kappa shape index (κ3) is 6.64. The van der Waals surface area contributed by atoms with Gasteiger partial charge in [0.15, 0.2) is 23.3 Å². The van der Waals surface area contributed by atoms with Crippen LogP contribution in [0.3, 0.4) is 0 Å². The minimum absolute atomic E-state index is 0.534. The lowest BCUT2D eigenvalue weighted by molar-refractivity contribution is 0.953. The fraction of sp³-hybridized carbons (Fsp3) is 0. The Kier molecular flexibility index (Phi) is 9.10. The number of aromatic nitrogens is 10. The number of para-hydroxylation sites is 2. The summed E-state index contributed by atoms with van der Waals surface area (Å²) in [7, 11) is 0. The first kappa shape index (κ1) is 38.4. The van der Waals surface area contributed by atoms with Crippen molar-refractivity contribution in [3.05, 3.63) is 206 Å². The van der Waals surface area contributed by atoms with Crippen LogP contribution in [0.2, 0.25) is 0 Å². The van der Waals surface area contributed by atoms with Crippen LogP contribution in [0.15, 0.2) is 206 Å². The molecular formula is C56H34N10S. The molecule has 0 fully saturated rings. The summed E-state index contributed by atoms with van der Waals surface area (Å²) in [6.45, 7) is 0. The molecule has 11 heteroatoms. The quantitative estimate of drug-likeness (QED) is 0.148. The molecule has 13 aromatic rings. The first-order valence-corrected chi connectivity index (χ1v) is 22.7. The van der Waals surface area contributed by atoms with Crippen LogP contribution in [0.1, 0.15) is 0 Å². The van der Waals surface area contributed by atoms with Gasteiger partial charge in [0.1, 0.15) is 10.0 Å². The van der Waals surface area contributed by atoms with Crippen LogP contribution in [0.25, 0.3) is 122 Å². The molecule has 10 nitrogen and oxygen atoms in total. The zero-order chi connectivity index (χ0) is 44.3. The van der Waals surface area contributed by atoms with Gasteiger partial charge >= 0.3 is 0 Å². The van der Waals surface area contributed by atoms with Crippen molar-refractivity contribution in [3.8, 4) is 78.6 Å². The first-order chi connectivity index (χ1) is 33.2. The lowest BCUT2D eigenvalue weighted by Gasteiger charge is -2.11. The Morgan fingerprint density at radius 2 is 0.716 bits per heavy atom. The van der Waals surface area contributed by atoms with Crippen molar-refractivity contribution in [2.24, 2.45) is 0 Å². The van der Waals surface area contributed by atoms with E-state index in [4.69, 9.17) is 40.1 Å². The van der Waals surface area contributed by atoms with Gasteiger partial charge in [-0.2, -0.15) is 19.9 Å². The summed E-state index contributed by atoms with van der Waals surface area (Å²) < 4.78 is 4.27. The van der Waals surface area contributed by atoms with Gasteiger partial charge in [0.05, 0.1) is 22.1 Å². The highest BCUT2D eigenvalue weighted by atomic mass is 32.1. The van der Waals surface area contributed by atoms with Gasteiger partial charge in [-0.05, 0) is 36.4 Å². The number of hydrogen-bond donors (Lipinski definition) is 0. The van der Waals surface area contributed by atoms with Gasteiger partial charge in [-0.3, -0.25) is 9.13 Å². The largest absolute Gasteiger partial charge is 0.278 e. The van der Waals surface area contributed by atoms with E-state index >= 15 is 0 Å². The molecule has 0 saturated heterocycles. The van der Waals surface area contributed by atoms with Crippen LogP contribution in [-0.4, -0.2) is 49.2 Å². The number of hydrogen-bond acceptors (Lipinski definition) is 9. The highest BCUT2D eigenvalue weighted by Gasteiger charge is 2.23. The minimum Gasteiger partial charge on any atom is -0.278 e. The Hall–Kier alpha value is -9.06. The summed E-state index contributed by atoms with van der Waals surface area (Å²) in [4.78, 5) is 30.4. The third-order valence-corrected chi connectivity index (χ3v) is 13.1. The van der Waals surface area contributed by atoms with Gasteiger partial charge in [-0.25, -0.2) is 9.97 Å². The lowest BCUT2D eigenvalue weighted by atomic mass is 10.1. The maximum atomic E-state index is 5.12. The van der Waals surface area contributed by atoms with Gasteiger partial charge in [0, 0.05) is 54.9 Å². The molecule has 0 spiro atoms. The Morgan fingerprint density at radius 3 is 1.25 bits per heavy atom. The van der Waals surface area contributed by atoms with E-state index in [1.54, 1.807) is 11.3 Å². The molecule has 0 radical (unpaired) electrons. The Bertz CT molecular complexity index is 3860. The summed E-state index contributed by atoms with van der Waals surface area (Å²) in [6.07, 6.45) is 0. The molecule has 8 aromatic carbocycles. The maximum Gasteiger partial charge on any atom is 0.238 e. The second-order valence-corrected chi connectivity index (χ2v) is 17.1. The average Bonchev–Trinajstić information content (AvgIpc) is 4.13. The molecule has 0 atom stereocenters. The molecule has 0 saturated carbocycles. The molecule has 0 unspecified atom stereocenters. The summed E-state index contributed by atoms with van der Waals surface area (Å²) in [5.74, 6) is 3.49. The Balaban J connectivity index is 0.940. The zero-order valence-corrected chi connectivity index (χ0v) is 36.3. The van der Waals surface area contributed by atoms with Crippen molar-refractivity contribution in [2.75, 3.05) is 0 Å². The monoisotopic (exact) mass is 878 g/mol. The van der Waals surface area contributed by atoms with Crippen LogP contribution in [-0.2, 0) is 0 Å². The molecule has 0 amide bonds. The van der Waals surface area contributed by atoms with E-state index in [-0.39, 0.29) is 0 Å². The summed E-state index contributed by atoms with van der Waals surface area (Å²) >= 11 is 1.57. The van der Waals surface area contributed by atoms with Crippen LogP contribution in [0.4, 0.5) is 0 Å². The van der Waals surface area contributed by atoms with Crippen molar-refractivity contribution >= 4 is 54.9 Å². The van der Waals surface area contributed by atoms with Crippen molar-refractivity contribution in [1.82, 2.24) is 49.2 Å². The van der Waals surface area contributed by atoms with E-state index in [0.717, 1.165) is 87.0 Å². The van der Waals surface area contributed by atoms with Gasteiger partial charge in [0.2, 0.25) is 11.9 Å². The zero-order valence-electron chi connectivity index (χ0n) is 35.5. The van der Waals surface area contributed by atoms with Crippen LogP contribution in [0.5, 0.6) is 0 Å². The van der Waals surface area contributed by atoms with Crippen molar-refractivity contribution in [3.63, 3.8) is 0 Å². The van der Waals surface area contributed by atoms with Gasteiger partial charge < -0.3 is 0 Å². The molecule has 0 N–H and O–H groups in total. The number of benzene rings is 8. The van der Waals surface area contributed by atoms with Gasteiger partial charge in [-0.1, -0.05) is 181 Å². The third-order valence-electron chi connectivity index (χ3n) is 12.0. The summed E-state index contributed by atoms with van der Waals surface area (Å²) in [5, 5.41) is 15.6. The van der Waals surface area contributed by atoms with Crippen LogP contribution < -0.4 is 0 Å². The lowest BCUT2D eigenvalue weighted by Crippen LogP contribution is -2.06. The number of nitrogens with zero attached hydrogens (tertiary/aromatic N) is 10. The van der Waals surface area contributed by atoms with Crippen molar-refractivity contribution in [2.45, 2.75) is 0 Å². The molecule has 5 aromatic heterocycles. The first-order valence-electron chi connectivity index (χ1n) is 21.9. The van der Waals surface area contributed by atoms with Crippen LogP contribution in [0, 0.1) is 0 Å². The maximum absolute atomic E-state index is 5.12. The SMILES string of the molecule is c1ccc(-c2nc(-c3ccccc3)nc(-n3c4ccccc4c4cc(-c5nnc(-c6cccc7c6c6ccccc6n7-c6nc(-c7ccccc7)nc(-c7ccccc7)n6)s5)ccc43)n2)cc1.